The van der Waals surface area contributed by atoms with E-state index in [4.69, 9.17) is 15.0 Å². The minimum absolute atomic E-state index is 0.185. The Morgan fingerprint density at radius 2 is 2.18 bits per heavy atom. The third-order valence-corrected chi connectivity index (χ3v) is 5.98. The molecule has 2 aliphatic rings. The maximum atomic E-state index is 8.30. The normalized spacial score (nSPS) is 22.5. The molecule has 1 aliphatic heterocycles. The van der Waals surface area contributed by atoms with Crippen molar-refractivity contribution in [2.24, 2.45) is 11.0 Å². The summed E-state index contributed by atoms with van der Waals surface area (Å²) in [6.45, 7) is 7.20. The van der Waals surface area contributed by atoms with Gasteiger partial charge in [0, 0.05) is 28.9 Å². The van der Waals surface area contributed by atoms with E-state index >= 15 is 0 Å². The highest BCUT2D eigenvalue weighted by molar-refractivity contribution is 5.53. The Balaban J connectivity index is 1.82. The lowest BCUT2D eigenvalue weighted by atomic mass is 9.67. The van der Waals surface area contributed by atoms with E-state index in [9.17, 15) is 0 Å². The zero-order valence-corrected chi connectivity index (χ0v) is 17.4. The van der Waals surface area contributed by atoms with Crippen LogP contribution in [0, 0.1) is 5.92 Å². The van der Waals surface area contributed by atoms with E-state index in [1.165, 1.54) is 16.7 Å². The maximum Gasteiger partial charge on any atom is 0.127 e. The van der Waals surface area contributed by atoms with E-state index in [-0.39, 0.29) is 5.60 Å². The first-order chi connectivity index (χ1) is 13.5. The van der Waals surface area contributed by atoms with Gasteiger partial charge in [0.2, 0.25) is 0 Å². The standard InChI is InChI=1S/C23H31N3O2/c1-16-10-11-19-18(13-16)22-20(27-4)14-17(15-21(22)28-23(19,2)3)9-7-5-6-8-12-25-26-24/h5,7,10,14-15,18-19H,6,8-9,11-13H2,1-4H3/b7-5+/t18-,19-/m1/s1. The molecule has 5 nitrogen and oxygen atoms in total. The van der Waals surface area contributed by atoms with Crippen LogP contribution < -0.4 is 9.47 Å². The van der Waals surface area contributed by atoms with Crippen LogP contribution in [0.5, 0.6) is 11.5 Å². The van der Waals surface area contributed by atoms with Crippen LogP contribution in [-0.2, 0) is 6.42 Å². The fraction of sp³-hybridized carbons (Fsp3) is 0.565. The summed E-state index contributed by atoms with van der Waals surface area (Å²) in [5, 5.41) is 3.56. The van der Waals surface area contributed by atoms with Crippen LogP contribution >= 0.6 is 0 Å². The first-order valence-electron chi connectivity index (χ1n) is 10.2. The molecule has 0 N–H and O–H groups in total. The van der Waals surface area contributed by atoms with Gasteiger partial charge in [0.1, 0.15) is 17.1 Å². The average molecular weight is 382 g/mol. The van der Waals surface area contributed by atoms with Gasteiger partial charge in [0.25, 0.3) is 0 Å². The monoisotopic (exact) mass is 381 g/mol. The molecule has 0 fully saturated rings. The maximum absolute atomic E-state index is 8.30. The number of hydrogen-bond acceptors (Lipinski definition) is 3. The molecule has 1 heterocycles. The number of fused-ring (bicyclic) bond motifs is 3. The molecule has 150 valence electrons. The molecule has 2 atom stereocenters. The zero-order valence-electron chi connectivity index (χ0n) is 17.4. The molecule has 0 spiro atoms. The number of rotatable bonds is 7. The molecule has 1 aromatic carbocycles. The van der Waals surface area contributed by atoms with E-state index < -0.39 is 0 Å². The smallest absolute Gasteiger partial charge is 0.127 e. The van der Waals surface area contributed by atoms with Gasteiger partial charge in [-0.2, -0.15) is 0 Å². The summed E-state index contributed by atoms with van der Waals surface area (Å²) < 4.78 is 12.3. The first kappa shape index (κ1) is 20.3. The molecule has 3 rings (SSSR count). The molecule has 28 heavy (non-hydrogen) atoms. The molecule has 5 heteroatoms. The van der Waals surface area contributed by atoms with Crippen LogP contribution in [0.25, 0.3) is 10.4 Å². The Bertz CT molecular complexity index is 819. The predicted molar refractivity (Wildman–Crippen MR) is 113 cm³/mol. The summed E-state index contributed by atoms with van der Waals surface area (Å²) in [6, 6.07) is 4.35. The van der Waals surface area contributed by atoms with E-state index in [1.54, 1.807) is 7.11 Å². The van der Waals surface area contributed by atoms with Crippen molar-refractivity contribution < 1.29 is 9.47 Å². The van der Waals surface area contributed by atoms with Crippen LogP contribution in [0.1, 0.15) is 63.5 Å². The molecule has 1 aliphatic carbocycles. The second-order valence-corrected chi connectivity index (χ2v) is 8.39. The summed E-state index contributed by atoms with van der Waals surface area (Å²) in [5.41, 5.74) is 12.0. The van der Waals surface area contributed by atoms with Gasteiger partial charge in [0.05, 0.1) is 7.11 Å². The van der Waals surface area contributed by atoms with E-state index in [2.05, 4.69) is 61.2 Å². The highest BCUT2D eigenvalue weighted by Gasteiger charge is 2.45. The quantitative estimate of drug-likeness (QED) is 0.178. The van der Waals surface area contributed by atoms with Crippen LogP contribution in [0.2, 0.25) is 0 Å². The summed E-state index contributed by atoms with van der Waals surface area (Å²) in [5.74, 6) is 2.85. The second kappa shape index (κ2) is 8.74. The van der Waals surface area contributed by atoms with Crippen molar-refractivity contribution in [3.8, 4) is 11.5 Å². The Labute approximate surface area is 168 Å². The van der Waals surface area contributed by atoms with Crippen LogP contribution in [-0.4, -0.2) is 19.3 Å². The molecule has 0 bridgehead atoms. The van der Waals surface area contributed by atoms with Gasteiger partial charge in [-0.3, -0.25) is 0 Å². The van der Waals surface area contributed by atoms with Gasteiger partial charge in [-0.15, -0.1) is 0 Å². The highest BCUT2D eigenvalue weighted by Crippen LogP contribution is 2.54. The molecule has 0 amide bonds. The van der Waals surface area contributed by atoms with E-state index in [0.29, 0.717) is 18.4 Å². The highest BCUT2D eigenvalue weighted by atomic mass is 16.5. The molecule has 1 aromatic rings. The molecule has 0 unspecified atom stereocenters. The Hall–Kier alpha value is -2.39. The topological polar surface area (TPSA) is 67.2 Å². The Morgan fingerprint density at radius 1 is 1.36 bits per heavy atom. The lowest BCUT2D eigenvalue weighted by Crippen LogP contribution is -2.45. The number of methoxy groups -OCH3 is 1. The largest absolute Gasteiger partial charge is 0.496 e. The summed E-state index contributed by atoms with van der Waals surface area (Å²) >= 11 is 0. The number of ether oxygens (including phenoxy) is 2. The number of nitrogens with zero attached hydrogens (tertiary/aromatic N) is 3. The Morgan fingerprint density at radius 3 is 2.93 bits per heavy atom. The molecular formula is C23H31N3O2. The molecule has 0 saturated heterocycles. The predicted octanol–water partition coefficient (Wildman–Crippen LogP) is 6.50. The first-order valence-corrected chi connectivity index (χ1v) is 10.2. The zero-order chi connectivity index (χ0) is 20.1. The van der Waals surface area contributed by atoms with Crippen LogP contribution in [0.15, 0.2) is 41.0 Å². The van der Waals surface area contributed by atoms with E-state index in [1.807, 2.05) is 0 Å². The van der Waals surface area contributed by atoms with Crippen molar-refractivity contribution in [1.82, 2.24) is 0 Å². The SMILES string of the molecule is COc1cc(C/C=C/CCCN=[N+]=[N-])cc2c1[C@@H]1CC(C)=CC[C@H]1C(C)(C)O2. The fourth-order valence-corrected chi connectivity index (χ4v) is 4.55. The van der Waals surface area contributed by atoms with Crippen molar-refractivity contribution in [2.45, 2.75) is 64.4 Å². The third kappa shape index (κ3) is 4.36. The lowest BCUT2D eigenvalue weighted by molar-refractivity contribution is 0.00750. The van der Waals surface area contributed by atoms with Gasteiger partial charge >= 0.3 is 0 Å². The van der Waals surface area contributed by atoms with Crippen molar-refractivity contribution in [3.63, 3.8) is 0 Å². The van der Waals surface area contributed by atoms with Gasteiger partial charge in [-0.05, 0) is 76.1 Å². The number of benzene rings is 1. The van der Waals surface area contributed by atoms with Crippen molar-refractivity contribution in [3.05, 3.63) is 57.5 Å². The van der Waals surface area contributed by atoms with E-state index in [0.717, 1.165) is 43.6 Å². The van der Waals surface area contributed by atoms with Gasteiger partial charge < -0.3 is 9.47 Å². The molecular weight excluding hydrogens is 350 g/mol. The number of azide groups is 1. The third-order valence-electron chi connectivity index (χ3n) is 5.98. The van der Waals surface area contributed by atoms with Crippen molar-refractivity contribution >= 4 is 0 Å². The Kier molecular flexibility index (Phi) is 6.35. The van der Waals surface area contributed by atoms with Gasteiger partial charge in [0.15, 0.2) is 0 Å². The second-order valence-electron chi connectivity index (χ2n) is 8.39. The molecule has 0 saturated carbocycles. The fourth-order valence-electron chi connectivity index (χ4n) is 4.55. The van der Waals surface area contributed by atoms with Gasteiger partial charge in [-0.1, -0.05) is 28.9 Å². The minimum Gasteiger partial charge on any atom is -0.496 e. The number of hydrogen-bond donors (Lipinski definition) is 0. The lowest BCUT2D eigenvalue weighted by Gasteiger charge is -2.47. The van der Waals surface area contributed by atoms with Crippen LogP contribution in [0.4, 0.5) is 0 Å². The summed E-state index contributed by atoms with van der Waals surface area (Å²) in [6.07, 6.45) is 11.4. The van der Waals surface area contributed by atoms with Gasteiger partial charge in [-0.25, -0.2) is 0 Å². The van der Waals surface area contributed by atoms with Crippen LogP contribution in [0.3, 0.4) is 0 Å². The van der Waals surface area contributed by atoms with Crippen molar-refractivity contribution in [2.75, 3.05) is 13.7 Å². The number of unbranched alkanes of at least 4 members (excludes halogenated alkanes) is 1. The molecule has 0 aromatic heterocycles. The number of allylic oxidation sites excluding steroid dienone is 4. The average Bonchev–Trinajstić information content (AvgIpc) is 2.65. The summed E-state index contributed by atoms with van der Waals surface area (Å²) in [7, 11) is 1.76. The minimum atomic E-state index is -0.185. The van der Waals surface area contributed by atoms with Crippen molar-refractivity contribution in [1.29, 1.82) is 0 Å². The summed E-state index contributed by atoms with van der Waals surface area (Å²) in [4.78, 5) is 2.78. The molecule has 0 radical (unpaired) electrons.